The Balaban J connectivity index is 2.39. The van der Waals surface area contributed by atoms with Crippen LogP contribution < -0.4 is 10.8 Å². The van der Waals surface area contributed by atoms with E-state index in [0.717, 1.165) is 37.2 Å². The van der Waals surface area contributed by atoms with Crippen LogP contribution in [0.3, 0.4) is 0 Å². The molecule has 0 unspecified atom stereocenters. The molecule has 0 fully saturated rings. The zero-order chi connectivity index (χ0) is 13.4. The molecule has 0 bridgehead atoms. The fourth-order valence-corrected chi connectivity index (χ4v) is 2.92. The first-order valence-corrected chi connectivity index (χ1v) is 7.81. The van der Waals surface area contributed by atoms with Gasteiger partial charge >= 0.3 is 7.60 Å². The van der Waals surface area contributed by atoms with Gasteiger partial charge in [0.2, 0.25) is 0 Å². The normalized spacial score (nSPS) is 18.0. The summed E-state index contributed by atoms with van der Waals surface area (Å²) in [7, 11) is -4.26. The summed E-state index contributed by atoms with van der Waals surface area (Å²) in [5, 5.41) is 3.32. The molecule has 6 heteroatoms. The average Bonchev–Trinajstić information content (AvgIpc) is 2.36. The number of nitrogens with one attached hydrogen (secondary N) is 1. The lowest BCUT2D eigenvalue weighted by molar-refractivity contribution is 0.270. The maximum absolute atomic E-state index is 11.2. The molecule has 0 saturated heterocycles. The minimum Gasteiger partial charge on any atom is -0.383 e. The molecule has 5 nitrogen and oxygen atoms in total. The van der Waals surface area contributed by atoms with Crippen molar-refractivity contribution in [2.75, 3.05) is 11.9 Å². The standard InChI is InChI=1S/C12H19N2O3P/c1-3-12(4-2)7-10-9(13-8-12)5-6-11(14-10)18(15,16)17/h5-6,13H,3-4,7-8H2,1-2H3,(H2,15,16,17). The lowest BCUT2D eigenvalue weighted by Crippen LogP contribution is -2.36. The predicted molar refractivity (Wildman–Crippen MR) is 71.1 cm³/mol. The van der Waals surface area contributed by atoms with Crippen molar-refractivity contribution in [1.29, 1.82) is 0 Å². The van der Waals surface area contributed by atoms with Gasteiger partial charge in [-0.3, -0.25) is 4.57 Å². The molecule has 2 rings (SSSR count). The van der Waals surface area contributed by atoms with E-state index in [1.54, 1.807) is 6.07 Å². The number of hydrogen-bond acceptors (Lipinski definition) is 3. The zero-order valence-electron chi connectivity index (χ0n) is 10.7. The summed E-state index contributed by atoms with van der Waals surface area (Å²) in [6.07, 6.45) is 2.83. The van der Waals surface area contributed by atoms with Gasteiger partial charge in [-0.05, 0) is 36.8 Å². The van der Waals surface area contributed by atoms with Gasteiger partial charge in [0.15, 0.2) is 5.44 Å². The molecule has 0 aromatic carbocycles. The molecule has 0 saturated carbocycles. The third-order valence-electron chi connectivity index (χ3n) is 3.95. The Bertz CT molecular complexity index is 494. The van der Waals surface area contributed by atoms with E-state index in [9.17, 15) is 4.57 Å². The van der Waals surface area contributed by atoms with Crippen molar-refractivity contribution in [3.05, 3.63) is 17.8 Å². The number of fused-ring (bicyclic) bond motifs is 1. The van der Waals surface area contributed by atoms with Crippen LogP contribution in [0, 0.1) is 5.41 Å². The maximum Gasteiger partial charge on any atom is 0.374 e. The molecule has 1 aliphatic rings. The van der Waals surface area contributed by atoms with Gasteiger partial charge in [0.25, 0.3) is 0 Å². The van der Waals surface area contributed by atoms with Crippen LogP contribution in [-0.2, 0) is 11.0 Å². The van der Waals surface area contributed by atoms with E-state index in [-0.39, 0.29) is 10.9 Å². The second-order valence-corrected chi connectivity index (χ2v) is 6.49. The number of anilines is 1. The topological polar surface area (TPSA) is 82.5 Å². The average molecular weight is 270 g/mol. The number of hydrogen-bond donors (Lipinski definition) is 3. The molecule has 0 aliphatic carbocycles. The van der Waals surface area contributed by atoms with Crippen molar-refractivity contribution in [2.24, 2.45) is 5.41 Å². The van der Waals surface area contributed by atoms with Gasteiger partial charge in [-0.15, -0.1) is 0 Å². The Morgan fingerprint density at radius 3 is 2.61 bits per heavy atom. The smallest absolute Gasteiger partial charge is 0.374 e. The number of aromatic nitrogens is 1. The molecule has 2 heterocycles. The number of rotatable bonds is 3. The predicted octanol–water partition coefficient (Wildman–Crippen LogP) is 1.66. The maximum atomic E-state index is 11.2. The van der Waals surface area contributed by atoms with Crippen molar-refractivity contribution in [3.8, 4) is 0 Å². The number of pyridine rings is 1. The molecule has 0 atom stereocenters. The van der Waals surface area contributed by atoms with Gasteiger partial charge in [0, 0.05) is 6.54 Å². The quantitative estimate of drug-likeness (QED) is 0.728. The SMILES string of the molecule is CCC1(CC)CNc2ccc(P(=O)(O)O)nc2C1. The first kappa shape index (κ1) is 13.5. The van der Waals surface area contributed by atoms with Crippen LogP contribution in [-0.4, -0.2) is 21.3 Å². The Morgan fingerprint density at radius 2 is 2.06 bits per heavy atom. The van der Waals surface area contributed by atoms with Gasteiger partial charge in [-0.2, -0.15) is 0 Å². The molecule has 1 aliphatic heterocycles. The minimum absolute atomic E-state index is 0.133. The molecule has 0 amide bonds. The molecule has 0 radical (unpaired) electrons. The highest BCUT2D eigenvalue weighted by Crippen LogP contribution is 2.38. The van der Waals surface area contributed by atoms with Crippen molar-refractivity contribution in [3.63, 3.8) is 0 Å². The summed E-state index contributed by atoms with van der Waals surface area (Å²) in [4.78, 5) is 22.5. The van der Waals surface area contributed by atoms with E-state index >= 15 is 0 Å². The molecular formula is C12H19N2O3P. The first-order chi connectivity index (χ1) is 8.40. The molecule has 0 spiro atoms. The van der Waals surface area contributed by atoms with Crippen LogP contribution in [0.25, 0.3) is 0 Å². The third kappa shape index (κ3) is 2.44. The monoisotopic (exact) mass is 270 g/mol. The van der Waals surface area contributed by atoms with Crippen LogP contribution in [0.4, 0.5) is 5.69 Å². The molecule has 100 valence electrons. The summed E-state index contributed by atoms with van der Waals surface area (Å²) >= 11 is 0. The Labute approximate surface area is 107 Å². The van der Waals surface area contributed by atoms with E-state index in [1.807, 2.05) is 0 Å². The summed E-state index contributed by atoms with van der Waals surface area (Å²) < 4.78 is 11.2. The van der Waals surface area contributed by atoms with E-state index < -0.39 is 7.60 Å². The van der Waals surface area contributed by atoms with Gasteiger partial charge in [-0.25, -0.2) is 4.98 Å². The van der Waals surface area contributed by atoms with Crippen LogP contribution in [0.2, 0.25) is 0 Å². The van der Waals surface area contributed by atoms with Gasteiger partial charge in [0.1, 0.15) is 0 Å². The Hall–Kier alpha value is -0.900. The fourth-order valence-electron chi connectivity index (χ4n) is 2.40. The lowest BCUT2D eigenvalue weighted by atomic mass is 9.76. The number of nitrogens with zero attached hydrogens (tertiary/aromatic N) is 1. The van der Waals surface area contributed by atoms with E-state index in [2.05, 4.69) is 24.1 Å². The highest BCUT2D eigenvalue weighted by Gasteiger charge is 2.33. The van der Waals surface area contributed by atoms with Crippen molar-refractivity contribution >= 4 is 18.7 Å². The molecule has 1 aromatic rings. The second-order valence-electron chi connectivity index (χ2n) is 4.95. The second kappa shape index (κ2) is 4.65. The minimum atomic E-state index is -4.26. The fraction of sp³-hybridized carbons (Fsp3) is 0.583. The summed E-state index contributed by atoms with van der Waals surface area (Å²) in [5.41, 5.74) is 1.68. The van der Waals surface area contributed by atoms with Crippen LogP contribution >= 0.6 is 7.60 Å². The highest BCUT2D eigenvalue weighted by atomic mass is 31.2. The highest BCUT2D eigenvalue weighted by molar-refractivity contribution is 7.60. The van der Waals surface area contributed by atoms with E-state index in [0.29, 0.717) is 0 Å². The van der Waals surface area contributed by atoms with Crippen LogP contribution in [0.15, 0.2) is 12.1 Å². The Morgan fingerprint density at radius 1 is 1.39 bits per heavy atom. The molecule has 18 heavy (non-hydrogen) atoms. The summed E-state index contributed by atoms with van der Waals surface area (Å²) in [6.45, 7) is 5.18. The first-order valence-electron chi connectivity index (χ1n) is 6.20. The van der Waals surface area contributed by atoms with Crippen molar-refractivity contribution < 1.29 is 14.4 Å². The molecular weight excluding hydrogens is 251 g/mol. The zero-order valence-corrected chi connectivity index (χ0v) is 11.6. The lowest BCUT2D eigenvalue weighted by Gasteiger charge is -2.37. The summed E-state index contributed by atoms with van der Waals surface area (Å²) in [5.74, 6) is 0. The van der Waals surface area contributed by atoms with E-state index in [1.165, 1.54) is 6.07 Å². The third-order valence-corrected chi connectivity index (χ3v) is 4.80. The molecule has 3 N–H and O–H groups in total. The summed E-state index contributed by atoms with van der Waals surface area (Å²) in [6, 6.07) is 3.11. The van der Waals surface area contributed by atoms with Gasteiger partial charge < -0.3 is 15.1 Å². The van der Waals surface area contributed by atoms with Crippen molar-refractivity contribution in [2.45, 2.75) is 33.1 Å². The van der Waals surface area contributed by atoms with E-state index in [4.69, 9.17) is 9.79 Å². The van der Waals surface area contributed by atoms with Crippen LogP contribution in [0.1, 0.15) is 32.4 Å². The van der Waals surface area contributed by atoms with Gasteiger partial charge in [-0.1, -0.05) is 13.8 Å². The van der Waals surface area contributed by atoms with Crippen LogP contribution in [0.5, 0.6) is 0 Å². The molecule has 1 aromatic heterocycles. The van der Waals surface area contributed by atoms with Gasteiger partial charge in [0.05, 0.1) is 11.4 Å². The van der Waals surface area contributed by atoms with Crippen molar-refractivity contribution in [1.82, 2.24) is 4.98 Å². The largest absolute Gasteiger partial charge is 0.383 e. The Kier molecular flexibility index (Phi) is 3.49.